The van der Waals surface area contributed by atoms with E-state index in [-0.39, 0.29) is 129 Å². The maximum Gasteiger partial charge on any atom is 0.497 e. The minimum absolute atomic E-state index is 0. The standard InChI is InChI=1S/C24H29BN2O7S.C23H20FN3O5.C22H17FN4O4.C14H13BrFNO2.C2H6.Y/c1-8-32-22(29)19-13-17-18(25-33-23(3,4)24(5,6)34-25)14-26(7)21(28)20(17)27(19)35(30,31)16-11-9-15(2)10-12-16;1-11-7-13(24)8-12(2)19(11)32-20-14(5-6-26(3)22(20)29)16-10-27(4)21(28)18-15(16)9-17(25-18)23(30)31;1-10-6-11(23)7-15-18(10)31-19-12(4-5-26(2)22(19)30)14-9-27(3)21(29)17-13(14)8-16(24-17)20(28)25-15;1-8-6-10(16)7-9(2)12(8)19-13-11(15)4-5-17(3)14(13)18;1-2;/h9-14H,8H2,1-7H3;5-10,25H,1-4H3,(H,30,31);4-9H,1-3H3,(H2,24,25,28,29);4-7H,1-3H3;1-2H3;/p-1. The minimum atomic E-state index is -4.34. The molecule has 0 saturated carbocycles. The number of carbonyl (C=O) groups is 3. The fourth-order valence-electron chi connectivity index (χ4n) is 13.3. The first-order valence-electron chi connectivity index (χ1n) is 37.1. The Morgan fingerprint density at radius 1 is 0.542 bits per heavy atom. The number of fused-ring (bicyclic) bond motifs is 6. The molecule has 1 amide bonds. The van der Waals surface area contributed by atoms with Gasteiger partial charge in [0, 0.05) is 156 Å². The van der Waals surface area contributed by atoms with Crippen molar-refractivity contribution in [3.63, 3.8) is 0 Å². The number of carbonyl (C=O) groups excluding carboxylic acids is 2. The summed E-state index contributed by atoms with van der Waals surface area (Å²) in [6.45, 7) is 23.5. The Kier molecular flexibility index (Phi) is 26.7. The molecule has 3 N–H and O–H groups in total. The van der Waals surface area contributed by atoms with Crippen molar-refractivity contribution in [1.29, 1.82) is 0 Å². The number of nitrogens with one attached hydrogen (secondary N) is 2. The number of halogens is 4. The number of hydrogen-bond acceptors (Lipinski definition) is 17. The number of hydrogen-bond donors (Lipinski definition) is 3. The van der Waals surface area contributed by atoms with Crippen LogP contribution in [0.5, 0.6) is 34.5 Å². The van der Waals surface area contributed by atoms with Crippen LogP contribution in [0.2, 0.25) is 0 Å². The van der Waals surface area contributed by atoms with E-state index in [9.17, 15) is 69.8 Å². The fraction of sp³-hybridized carbons (Fsp3) is 0.259. The van der Waals surface area contributed by atoms with Crippen LogP contribution in [0.1, 0.15) is 113 Å². The average molecular weight is 1800 g/mol. The molecule has 0 spiro atoms. The zero-order chi connectivity index (χ0) is 87.4. The molecular weight excluding hydrogens is 1720 g/mol. The number of esters is 1. The molecule has 35 heteroatoms. The van der Waals surface area contributed by atoms with Crippen LogP contribution in [-0.2, 0) is 99.1 Å². The summed E-state index contributed by atoms with van der Waals surface area (Å²) in [6.07, 6.45) is 9.44. The number of nitrogens with zero attached hydrogens (tertiary/aromatic N) is 8. The van der Waals surface area contributed by atoms with Crippen molar-refractivity contribution < 1.29 is 102 Å². The van der Waals surface area contributed by atoms with E-state index in [1.54, 1.807) is 131 Å². The Labute approximate surface area is 718 Å². The van der Waals surface area contributed by atoms with E-state index in [0.717, 1.165) is 15.6 Å². The van der Waals surface area contributed by atoms with Crippen LogP contribution in [-0.4, -0.2) is 97.6 Å². The summed E-state index contributed by atoms with van der Waals surface area (Å²) in [7, 11) is 4.18. The Morgan fingerprint density at radius 3 is 1.55 bits per heavy atom. The van der Waals surface area contributed by atoms with Gasteiger partial charge in [-0.05, 0) is 205 Å². The van der Waals surface area contributed by atoms with Gasteiger partial charge in [-0.2, -0.15) is 0 Å². The molecule has 0 aliphatic carbocycles. The quantitative estimate of drug-likeness (QED) is 0.0800. The number of carboxylic acid groups (broad SMARTS) is 1. The summed E-state index contributed by atoms with van der Waals surface area (Å²) in [5, 5.41) is 14.4. The first kappa shape index (κ1) is 90.6. The van der Waals surface area contributed by atoms with Crippen molar-refractivity contribution in [2.75, 3.05) is 6.61 Å². The number of pyridine rings is 6. The number of benzene rings is 4. The Bertz CT molecular complexity index is 6800. The van der Waals surface area contributed by atoms with Crippen molar-refractivity contribution >= 4 is 94.8 Å². The van der Waals surface area contributed by atoms with Gasteiger partial charge in [0.05, 0.1) is 32.9 Å². The van der Waals surface area contributed by atoms with E-state index in [1.165, 1.54) is 108 Å². The van der Waals surface area contributed by atoms with Gasteiger partial charge in [0.25, 0.3) is 43.4 Å². The van der Waals surface area contributed by atoms with E-state index in [2.05, 4.69) is 31.2 Å². The van der Waals surface area contributed by atoms with Gasteiger partial charge < -0.3 is 80.8 Å². The number of aromatic nitrogens is 9. The van der Waals surface area contributed by atoms with Crippen LogP contribution < -0.4 is 53.0 Å². The minimum Gasteiger partial charge on any atom is -0.618 e. The largest absolute Gasteiger partial charge is 0.618 e. The van der Waals surface area contributed by atoms with Crippen molar-refractivity contribution in [1.82, 2.24) is 41.3 Å². The monoisotopic (exact) mass is 1800 g/mol. The summed E-state index contributed by atoms with van der Waals surface area (Å²) in [5.74, 6) is -2.99. The first-order valence-corrected chi connectivity index (χ1v) is 39.3. The summed E-state index contributed by atoms with van der Waals surface area (Å²) in [6, 6.07) is 23.2. The summed E-state index contributed by atoms with van der Waals surface area (Å²) in [4.78, 5) is 119. The molecule has 1 fully saturated rings. The smallest absolute Gasteiger partial charge is 0.497 e. The Balaban J connectivity index is 0.000000169. The molecule has 0 unspecified atom stereocenters. The van der Waals surface area contributed by atoms with E-state index >= 15 is 0 Å². The molecule has 0 atom stereocenters. The number of ether oxygens (including phenoxy) is 4. The molecular formula is C85H84BBrF3N10O18SY-. The molecule has 13 aromatic rings. The second kappa shape index (κ2) is 35.3. The fourth-order valence-corrected chi connectivity index (χ4v) is 15.2. The molecule has 9 aromatic heterocycles. The van der Waals surface area contributed by atoms with Crippen molar-refractivity contribution in [3.8, 4) is 56.8 Å². The first-order chi connectivity index (χ1) is 55.9. The molecule has 623 valence electrons. The van der Waals surface area contributed by atoms with Crippen molar-refractivity contribution in [2.24, 2.45) is 42.3 Å². The van der Waals surface area contributed by atoms with E-state index in [0.29, 0.717) is 82.3 Å². The van der Waals surface area contributed by atoms with Crippen LogP contribution in [0.25, 0.3) is 60.3 Å². The maximum absolute atomic E-state index is 14.1. The molecule has 2 aliphatic heterocycles. The van der Waals surface area contributed by atoms with Crippen LogP contribution in [0, 0.1) is 59.0 Å². The zero-order valence-corrected chi connectivity index (χ0v) is 74.2. The summed E-state index contributed by atoms with van der Waals surface area (Å²) < 4.78 is 113. The molecule has 4 aromatic carbocycles. The number of aryl methyl sites for hydroxylation is 12. The van der Waals surface area contributed by atoms with Crippen LogP contribution in [0.4, 0.5) is 18.9 Å². The van der Waals surface area contributed by atoms with Gasteiger partial charge in [0.1, 0.15) is 68.5 Å². The van der Waals surface area contributed by atoms with Gasteiger partial charge in [0.15, 0.2) is 11.5 Å². The molecule has 1 radical (unpaired) electrons. The summed E-state index contributed by atoms with van der Waals surface area (Å²) >= 11 is 3.29. The zero-order valence-electron chi connectivity index (χ0n) is 68.9. The second-order valence-electron chi connectivity index (χ2n) is 29.2. The van der Waals surface area contributed by atoms with Gasteiger partial charge in [-0.1, -0.05) is 37.2 Å². The summed E-state index contributed by atoms with van der Waals surface area (Å²) in [5.41, 5.74) is 1.67. The molecule has 2 aliphatic rings. The number of aromatic amines is 2. The van der Waals surface area contributed by atoms with Crippen LogP contribution in [0.15, 0.2) is 172 Å². The Morgan fingerprint density at radius 2 is 1.01 bits per heavy atom. The van der Waals surface area contributed by atoms with Gasteiger partial charge in [-0.3, -0.25) is 28.8 Å². The van der Waals surface area contributed by atoms with Gasteiger partial charge in [0.2, 0.25) is 5.75 Å². The second-order valence-corrected chi connectivity index (χ2v) is 31.9. The van der Waals surface area contributed by atoms with E-state index in [1.807, 2.05) is 48.5 Å². The molecule has 11 heterocycles. The predicted molar refractivity (Wildman–Crippen MR) is 449 cm³/mol. The average Bonchev–Trinajstić information content (AvgIpc) is 1.56. The van der Waals surface area contributed by atoms with E-state index < -0.39 is 80.1 Å². The third-order valence-corrected chi connectivity index (χ3v) is 22.5. The predicted octanol–water partition coefficient (Wildman–Crippen LogP) is 14.2. The molecule has 15 rings (SSSR count). The molecule has 28 nitrogen and oxygen atoms in total. The third-order valence-electron chi connectivity index (χ3n) is 20.2. The number of aromatic carboxylic acids is 1. The molecule has 2 bridgehead atoms. The third kappa shape index (κ3) is 17.5. The number of H-pyrrole nitrogens is 2. The SMILES string of the molecule is CC.CCOC(=O)c1cc2c(B3OC(C)(C)C(C)(C)O3)cn(C)c(=O)c2n1S(=O)(=O)c1ccc(C)cc1.Cc1cc(F)cc(C)c1Oc1c(-c2cn(C)c(=O)c3[nH]c(C(=O)O)cc23)ccn(C)c1=O.Cc1cc(F)cc(C)c1Oc1c(Br)ccn(C)c1=O.Cc1cc(F)cc2c1Oc1c(ccn(C)c1=O)-c1cn(C)c(=O)c3[nH]c(cc13)C(=O)[N-]2.[Y]. The maximum atomic E-state index is 14.1. The normalized spacial score (nSPS) is 13.0. The van der Waals surface area contributed by atoms with Gasteiger partial charge >= 0.3 is 19.1 Å². The topological polar surface area (TPSA) is 344 Å². The van der Waals surface area contributed by atoms with Gasteiger partial charge in [-0.25, -0.2) is 35.2 Å². The van der Waals surface area contributed by atoms with Gasteiger partial charge in [-0.15, -0.1) is 0 Å². The number of carboxylic acids is 1. The number of rotatable bonds is 11. The molecule has 120 heavy (non-hydrogen) atoms. The van der Waals surface area contributed by atoms with Crippen LogP contribution >= 0.6 is 15.9 Å². The van der Waals surface area contributed by atoms with Crippen LogP contribution in [0.3, 0.4) is 0 Å². The van der Waals surface area contributed by atoms with E-state index in [4.69, 9.17) is 28.3 Å². The number of amides is 1. The Hall–Kier alpha value is -11.7. The van der Waals surface area contributed by atoms with Crippen molar-refractivity contribution in [2.45, 2.75) is 106 Å². The molecule has 1 saturated heterocycles. The van der Waals surface area contributed by atoms with Crippen molar-refractivity contribution in [3.05, 3.63) is 274 Å².